The number of fused-ring (bicyclic) bond motifs is 1. The fourth-order valence-electron chi connectivity index (χ4n) is 2.82. The summed E-state index contributed by atoms with van der Waals surface area (Å²) in [6.07, 6.45) is 2.80. The third kappa shape index (κ3) is 3.99. The van der Waals surface area contributed by atoms with Crippen LogP contribution in [0.4, 0.5) is 0 Å². The molecule has 0 spiro atoms. The predicted molar refractivity (Wildman–Crippen MR) is 105 cm³/mol. The second-order valence-electron chi connectivity index (χ2n) is 5.75. The van der Waals surface area contributed by atoms with Gasteiger partial charge >= 0.3 is 0 Å². The van der Waals surface area contributed by atoms with Crippen molar-refractivity contribution in [1.29, 1.82) is 0 Å². The van der Waals surface area contributed by atoms with Gasteiger partial charge in [-0.05, 0) is 49.9 Å². The summed E-state index contributed by atoms with van der Waals surface area (Å²) in [7, 11) is 0. The Bertz CT molecular complexity index is 907. The maximum absolute atomic E-state index is 12.4. The maximum atomic E-state index is 12.4. The largest absolute Gasteiger partial charge is 0.352 e. The Labute approximate surface area is 156 Å². The van der Waals surface area contributed by atoms with Crippen LogP contribution < -0.4 is 5.32 Å². The Kier molecular flexibility index (Phi) is 5.66. The highest BCUT2D eigenvalue weighted by molar-refractivity contribution is 7.98. The standard InChI is InChI=1S/C19H20ClN3OS/c1-13-22-17-6-3-4-7-18(17)23(13)11-5-10-21-19(24)15-12-14(25-2)8-9-16(15)20/h3-4,6-9,12H,5,10-11H2,1-2H3,(H,21,24). The molecule has 1 amide bonds. The summed E-state index contributed by atoms with van der Waals surface area (Å²) in [6, 6.07) is 13.6. The summed E-state index contributed by atoms with van der Waals surface area (Å²) >= 11 is 7.74. The Hall–Kier alpha value is -1.98. The summed E-state index contributed by atoms with van der Waals surface area (Å²) in [5, 5.41) is 3.43. The molecular weight excluding hydrogens is 354 g/mol. The number of carbonyl (C=O) groups is 1. The number of aryl methyl sites for hydroxylation is 2. The van der Waals surface area contributed by atoms with E-state index in [2.05, 4.69) is 20.9 Å². The average Bonchev–Trinajstić information content (AvgIpc) is 2.94. The molecule has 3 aromatic rings. The molecule has 1 N–H and O–H groups in total. The van der Waals surface area contributed by atoms with Crippen LogP contribution in [0.25, 0.3) is 11.0 Å². The first-order valence-corrected chi connectivity index (χ1v) is 9.74. The number of hydrogen-bond donors (Lipinski definition) is 1. The van der Waals surface area contributed by atoms with E-state index >= 15 is 0 Å². The number of imidazole rings is 1. The predicted octanol–water partition coefficient (Wildman–Crippen LogP) is 4.54. The molecule has 25 heavy (non-hydrogen) atoms. The number of hydrogen-bond acceptors (Lipinski definition) is 3. The van der Waals surface area contributed by atoms with Crippen molar-refractivity contribution in [3.63, 3.8) is 0 Å². The molecule has 6 heteroatoms. The van der Waals surface area contributed by atoms with Gasteiger partial charge in [-0.2, -0.15) is 0 Å². The van der Waals surface area contributed by atoms with E-state index in [4.69, 9.17) is 11.6 Å². The smallest absolute Gasteiger partial charge is 0.252 e. The van der Waals surface area contributed by atoms with Crippen molar-refractivity contribution < 1.29 is 4.79 Å². The highest BCUT2D eigenvalue weighted by Crippen LogP contribution is 2.23. The number of para-hydroxylation sites is 2. The maximum Gasteiger partial charge on any atom is 0.252 e. The van der Waals surface area contributed by atoms with Gasteiger partial charge in [0.1, 0.15) is 5.82 Å². The summed E-state index contributed by atoms with van der Waals surface area (Å²) in [5.74, 6) is 0.858. The van der Waals surface area contributed by atoms with Gasteiger partial charge < -0.3 is 9.88 Å². The molecule has 1 heterocycles. The molecule has 0 aliphatic carbocycles. The van der Waals surface area contributed by atoms with Gasteiger partial charge in [0.25, 0.3) is 5.91 Å². The van der Waals surface area contributed by atoms with Crippen molar-refractivity contribution in [1.82, 2.24) is 14.9 Å². The Morgan fingerprint density at radius 3 is 2.88 bits per heavy atom. The van der Waals surface area contributed by atoms with Gasteiger partial charge in [0.05, 0.1) is 21.6 Å². The zero-order chi connectivity index (χ0) is 17.8. The van der Waals surface area contributed by atoms with Crippen molar-refractivity contribution in [2.75, 3.05) is 12.8 Å². The third-order valence-electron chi connectivity index (χ3n) is 4.11. The molecule has 0 unspecified atom stereocenters. The minimum absolute atomic E-state index is 0.131. The molecule has 3 rings (SSSR count). The Balaban J connectivity index is 1.60. The molecule has 0 aliphatic heterocycles. The van der Waals surface area contributed by atoms with Gasteiger partial charge in [-0.25, -0.2) is 4.98 Å². The van der Waals surface area contributed by atoms with E-state index in [0.717, 1.165) is 34.7 Å². The molecule has 2 aromatic carbocycles. The summed E-state index contributed by atoms with van der Waals surface area (Å²) in [5.41, 5.74) is 2.66. The van der Waals surface area contributed by atoms with Gasteiger partial charge in [0, 0.05) is 18.0 Å². The number of aromatic nitrogens is 2. The van der Waals surface area contributed by atoms with Crippen LogP contribution in [0.5, 0.6) is 0 Å². The second kappa shape index (κ2) is 7.93. The summed E-state index contributed by atoms with van der Waals surface area (Å²) in [4.78, 5) is 17.9. The minimum Gasteiger partial charge on any atom is -0.352 e. The molecule has 4 nitrogen and oxygen atoms in total. The Morgan fingerprint density at radius 2 is 2.08 bits per heavy atom. The van der Waals surface area contributed by atoms with Crippen LogP contribution in [-0.4, -0.2) is 28.3 Å². The number of thioether (sulfide) groups is 1. The van der Waals surface area contributed by atoms with E-state index in [1.165, 1.54) is 0 Å². The van der Waals surface area contributed by atoms with Crippen molar-refractivity contribution in [3.05, 3.63) is 58.9 Å². The molecule has 130 valence electrons. The molecule has 0 saturated carbocycles. The number of nitrogens with zero attached hydrogens (tertiary/aromatic N) is 2. The van der Waals surface area contributed by atoms with Crippen LogP contribution in [0.1, 0.15) is 22.6 Å². The van der Waals surface area contributed by atoms with Gasteiger partial charge in [0.2, 0.25) is 0 Å². The fourth-order valence-corrected chi connectivity index (χ4v) is 3.46. The zero-order valence-electron chi connectivity index (χ0n) is 14.3. The quantitative estimate of drug-likeness (QED) is 0.509. The number of benzene rings is 2. The van der Waals surface area contributed by atoms with E-state index < -0.39 is 0 Å². The highest BCUT2D eigenvalue weighted by Gasteiger charge is 2.11. The van der Waals surface area contributed by atoms with Crippen LogP contribution in [0.2, 0.25) is 5.02 Å². The number of carbonyl (C=O) groups excluding carboxylic acids is 1. The first kappa shape index (κ1) is 17.8. The first-order chi connectivity index (χ1) is 12.1. The van der Waals surface area contributed by atoms with Crippen LogP contribution in [-0.2, 0) is 6.54 Å². The first-order valence-electron chi connectivity index (χ1n) is 8.14. The number of halogens is 1. The van der Waals surface area contributed by atoms with Crippen molar-refractivity contribution in [3.8, 4) is 0 Å². The van der Waals surface area contributed by atoms with Crippen molar-refractivity contribution in [2.45, 2.75) is 24.8 Å². The van der Waals surface area contributed by atoms with E-state index in [0.29, 0.717) is 17.1 Å². The van der Waals surface area contributed by atoms with Gasteiger partial charge in [0.15, 0.2) is 0 Å². The van der Waals surface area contributed by atoms with E-state index in [1.54, 1.807) is 17.8 Å². The summed E-state index contributed by atoms with van der Waals surface area (Å²) in [6.45, 7) is 3.40. The topological polar surface area (TPSA) is 46.9 Å². The van der Waals surface area contributed by atoms with Crippen LogP contribution >= 0.6 is 23.4 Å². The van der Waals surface area contributed by atoms with Gasteiger partial charge in [-0.3, -0.25) is 4.79 Å². The van der Waals surface area contributed by atoms with Crippen molar-refractivity contribution >= 4 is 40.3 Å². The third-order valence-corrected chi connectivity index (χ3v) is 5.16. The highest BCUT2D eigenvalue weighted by atomic mass is 35.5. The molecular formula is C19H20ClN3OS. The molecule has 0 atom stereocenters. The zero-order valence-corrected chi connectivity index (χ0v) is 15.8. The Morgan fingerprint density at radius 1 is 1.28 bits per heavy atom. The number of rotatable bonds is 6. The molecule has 0 saturated heterocycles. The lowest BCUT2D eigenvalue weighted by atomic mass is 10.2. The van der Waals surface area contributed by atoms with Gasteiger partial charge in [-0.15, -0.1) is 11.8 Å². The molecule has 0 fully saturated rings. The molecule has 0 radical (unpaired) electrons. The molecule has 0 bridgehead atoms. The summed E-state index contributed by atoms with van der Waals surface area (Å²) < 4.78 is 2.18. The fraction of sp³-hybridized carbons (Fsp3) is 0.263. The van der Waals surface area contributed by atoms with Crippen LogP contribution in [0.3, 0.4) is 0 Å². The van der Waals surface area contributed by atoms with E-state index in [1.807, 2.05) is 43.5 Å². The normalized spacial score (nSPS) is 11.0. The van der Waals surface area contributed by atoms with Crippen LogP contribution in [0, 0.1) is 6.92 Å². The van der Waals surface area contributed by atoms with E-state index in [9.17, 15) is 4.79 Å². The number of nitrogens with one attached hydrogen (secondary N) is 1. The second-order valence-corrected chi connectivity index (χ2v) is 7.04. The monoisotopic (exact) mass is 373 g/mol. The lowest BCUT2D eigenvalue weighted by molar-refractivity contribution is 0.0952. The SMILES string of the molecule is CSc1ccc(Cl)c(C(=O)NCCCn2c(C)nc3ccccc32)c1. The average molecular weight is 374 g/mol. The molecule has 0 aliphatic rings. The minimum atomic E-state index is -0.131. The van der Waals surface area contributed by atoms with E-state index in [-0.39, 0.29) is 5.91 Å². The van der Waals surface area contributed by atoms with Gasteiger partial charge in [-0.1, -0.05) is 23.7 Å². The molecule has 1 aromatic heterocycles. The lowest BCUT2D eigenvalue weighted by Gasteiger charge is -2.10. The van der Waals surface area contributed by atoms with Crippen molar-refractivity contribution in [2.24, 2.45) is 0 Å². The lowest BCUT2D eigenvalue weighted by Crippen LogP contribution is -2.25. The number of amides is 1. The van der Waals surface area contributed by atoms with Crippen LogP contribution in [0.15, 0.2) is 47.4 Å².